The molecule has 1 amide bonds. The number of rotatable bonds is 5. The molecule has 22 heavy (non-hydrogen) atoms. The Hall–Kier alpha value is -1.88. The summed E-state index contributed by atoms with van der Waals surface area (Å²) in [5.41, 5.74) is 3.25. The summed E-state index contributed by atoms with van der Waals surface area (Å²) in [6.45, 7) is 5.58. The summed E-state index contributed by atoms with van der Waals surface area (Å²) in [7, 11) is 0. The highest BCUT2D eigenvalue weighted by Crippen LogP contribution is 2.18. The lowest BCUT2D eigenvalue weighted by atomic mass is 10.1. The van der Waals surface area contributed by atoms with E-state index in [-0.39, 0.29) is 12.0 Å². The number of aromatic amines is 1. The molecule has 1 atom stereocenters. The van der Waals surface area contributed by atoms with Crippen LogP contribution in [0.25, 0.3) is 11.0 Å². The van der Waals surface area contributed by atoms with Gasteiger partial charge in [0.05, 0.1) is 11.0 Å². The first-order chi connectivity index (χ1) is 10.6. The van der Waals surface area contributed by atoms with E-state index < -0.39 is 0 Å². The number of amides is 1. The van der Waals surface area contributed by atoms with Crippen LogP contribution in [0.1, 0.15) is 44.0 Å². The van der Waals surface area contributed by atoms with Crippen molar-refractivity contribution in [1.29, 1.82) is 0 Å². The number of fused-ring (bicyclic) bond motifs is 1. The summed E-state index contributed by atoms with van der Waals surface area (Å²) >= 11 is 0. The monoisotopic (exact) mass is 301 g/mol. The highest BCUT2D eigenvalue weighted by Gasteiger charge is 2.22. The van der Waals surface area contributed by atoms with Gasteiger partial charge in [-0.05, 0) is 37.0 Å². The Kier molecular flexibility index (Phi) is 4.43. The molecule has 0 bridgehead atoms. The number of imidazole rings is 1. The SMILES string of the molecule is CC(C)c1nc2ccc(CCNC(=O)C3CCCO3)cc2[nH]1. The van der Waals surface area contributed by atoms with Crippen LogP contribution in [0.4, 0.5) is 0 Å². The minimum Gasteiger partial charge on any atom is -0.368 e. The molecule has 118 valence electrons. The molecule has 1 fully saturated rings. The summed E-state index contributed by atoms with van der Waals surface area (Å²) < 4.78 is 5.37. The Morgan fingerprint density at radius 1 is 1.50 bits per heavy atom. The zero-order valence-electron chi connectivity index (χ0n) is 13.2. The lowest BCUT2D eigenvalue weighted by Crippen LogP contribution is -2.35. The van der Waals surface area contributed by atoms with Crippen LogP contribution in [0.2, 0.25) is 0 Å². The predicted octanol–water partition coefficient (Wildman–Crippen LogP) is 2.52. The number of hydrogen-bond donors (Lipinski definition) is 2. The van der Waals surface area contributed by atoms with E-state index in [9.17, 15) is 4.79 Å². The van der Waals surface area contributed by atoms with Gasteiger partial charge in [0.15, 0.2) is 0 Å². The van der Waals surface area contributed by atoms with Crippen molar-refractivity contribution >= 4 is 16.9 Å². The average molecular weight is 301 g/mol. The molecule has 1 aromatic heterocycles. The quantitative estimate of drug-likeness (QED) is 0.891. The van der Waals surface area contributed by atoms with Crippen molar-refractivity contribution in [3.05, 3.63) is 29.6 Å². The van der Waals surface area contributed by atoms with Crippen molar-refractivity contribution in [1.82, 2.24) is 15.3 Å². The standard InChI is InChI=1S/C17H23N3O2/c1-11(2)16-19-13-6-5-12(10-14(13)20-16)7-8-18-17(21)15-4-3-9-22-15/h5-6,10-11,15H,3-4,7-9H2,1-2H3,(H,18,21)(H,19,20). The Morgan fingerprint density at radius 3 is 3.09 bits per heavy atom. The maximum Gasteiger partial charge on any atom is 0.249 e. The van der Waals surface area contributed by atoms with E-state index in [4.69, 9.17) is 4.74 Å². The van der Waals surface area contributed by atoms with Crippen molar-refractivity contribution in [2.45, 2.75) is 45.1 Å². The van der Waals surface area contributed by atoms with Crippen molar-refractivity contribution in [2.24, 2.45) is 0 Å². The number of hydrogen-bond acceptors (Lipinski definition) is 3. The van der Waals surface area contributed by atoms with Gasteiger partial charge in [0.2, 0.25) is 5.91 Å². The van der Waals surface area contributed by atoms with Gasteiger partial charge < -0.3 is 15.0 Å². The Morgan fingerprint density at radius 2 is 2.36 bits per heavy atom. The number of H-pyrrole nitrogens is 1. The third-order valence-corrected chi connectivity index (χ3v) is 4.05. The molecule has 5 nitrogen and oxygen atoms in total. The van der Waals surface area contributed by atoms with E-state index in [1.54, 1.807) is 0 Å². The first kappa shape index (κ1) is 15.0. The van der Waals surface area contributed by atoms with Gasteiger partial charge >= 0.3 is 0 Å². The lowest BCUT2D eigenvalue weighted by molar-refractivity contribution is -0.129. The predicted molar refractivity (Wildman–Crippen MR) is 85.9 cm³/mol. The second-order valence-electron chi connectivity index (χ2n) is 6.17. The number of ether oxygens (including phenoxy) is 1. The number of aromatic nitrogens is 2. The molecule has 1 unspecified atom stereocenters. The molecular weight excluding hydrogens is 278 g/mol. The molecule has 1 aromatic carbocycles. The van der Waals surface area contributed by atoms with Gasteiger partial charge in [0, 0.05) is 19.1 Å². The smallest absolute Gasteiger partial charge is 0.249 e. The largest absolute Gasteiger partial charge is 0.368 e. The van der Waals surface area contributed by atoms with Crippen LogP contribution in [0.5, 0.6) is 0 Å². The Balaban J connectivity index is 1.58. The fourth-order valence-corrected chi connectivity index (χ4v) is 2.73. The molecule has 1 aliphatic heterocycles. The fourth-order valence-electron chi connectivity index (χ4n) is 2.73. The van der Waals surface area contributed by atoms with E-state index in [0.717, 1.165) is 36.1 Å². The van der Waals surface area contributed by atoms with Gasteiger partial charge in [-0.3, -0.25) is 4.79 Å². The van der Waals surface area contributed by atoms with Crippen LogP contribution in [0.15, 0.2) is 18.2 Å². The lowest BCUT2D eigenvalue weighted by Gasteiger charge is -2.10. The third-order valence-electron chi connectivity index (χ3n) is 4.05. The minimum atomic E-state index is -0.247. The van der Waals surface area contributed by atoms with Crippen molar-refractivity contribution in [2.75, 3.05) is 13.2 Å². The van der Waals surface area contributed by atoms with Crippen LogP contribution < -0.4 is 5.32 Å². The van der Waals surface area contributed by atoms with Gasteiger partial charge in [0.1, 0.15) is 11.9 Å². The molecule has 1 saturated heterocycles. The van der Waals surface area contributed by atoms with E-state index >= 15 is 0 Å². The van der Waals surface area contributed by atoms with Crippen LogP contribution in [-0.4, -0.2) is 35.1 Å². The first-order valence-corrected chi connectivity index (χ1v) is 8.01. The van der Waals surface area contributed by atoms with Crippen LogP contribution in [0.3, 0.4) is 0 Å². The van der Waals surface area contributed by atoms with E-state index in [0.29, 0.717) is 19.1 Å². The third kappa shape index (κ3) is 3.30. The summed E-state index contributed by atoms with van der Waals surface area (Å²) in [6.07, 6.45) is 2.38. The molecule has 5 heteroatoms. The fraction of sp³-hybridized carbons (Fsp3) is 0.529. The van der Waals surface area contributed by atoms with Crippen molar-refractivity contribution < 1.29 is 9.53 Å². The Bertz CT molecular complexity index is 657. The zero-order valence-corrected chi connectivity index (χ0v) is 13.2. The van der Waals surface area contributed by atoms with Crippen molar-refractivity contribution in [3.8, 4) is 0 Å². The zero-order chi connectivity index (χ0) is 15.5. The molecule has 2 aromatic rings. The van der Waals surface area contributed by atoms with Gasteiger partial charge in [-0.15, -0.1) is 0 Å². The minimum absolute atomic E-state index is 0.0159. The first-order valence-electron chi connectivity index (χ1n) is 8.01. The molecule has 0 saturated carbocycles. The molecule has 2 N–H and O–H groups in total. The Labute approximate surface area is 130 Å². The molecule has 2 heterocycles. The molecule has 0 spiro atoms. The van der Waals surface area contributed by atoms with Gasteiger partial charge in [-0.2, -0.15) is 0 Å². The molecular formula is C17H23N3O2. The molecule has 0 aliphatic carbocycles. The number of benzene rings is 1. The number of carbonyl (C=O) groups is 1. The average Bonchev–Trinajstić information content (AvgIpc) is 3.16. The summed E-state index contributed by atoms with van der Waals surface area (Å²) in [5, 5.41) is 2.95. The maximum atomic E-state index is 11.9. The number of nitrogens with one attached hydrogen (secondary N) is 2. The highest BCUT2D eigenvalue weighted by molar-refractivity contribution is 5.81. The van der Waals surface area contributed by atoms with Gasteiger partial charge in [0.25, 0.3) is 0 Å². The van der Waals surface area contributed by atoms with E-state index in [1.165, 1.54) is 5.56 Å². The van der Waals surface area contributed by atoms with Gasteiger partial charge in [-0.25, -0.2) is 4.98 Å². The summed E-state index contributed by atoms with van der Waals surface area (Å²) in [6, 6.07) is 6.23. The topological polar surface area (TPSA) is 67.0 Å². The summed E-state index contributed by atoms with van der Waals surface area (Å²) in [4.78, 5) is 19.8. The van der Waals surface area contributed by atoms with Crippen LogP contribution in [0, 0.1) is 0 Å². The maximum absolute atomic E-state index is 11.9. The van der Waals surface area contributed by atoms with E-state index in [1.807, 2.05) is 6.07 Å². The highest BCUT2D eigenvalue weighted by atomic mass is 16.5. The second-order valence-corrected chi connectivity index (χ2v) is 6.17. The second kappa shape index (κ2) is 6.48. The number of nitrogens with zero attached hydrogens (tertiary/aromatic N) is 1. The molecule has 3 rings (SSSR count). The van der Waals surface area contributed by atoms with E-state index in [2.05, 4.69) is 41.3 Å². The van der Waals surface area contributed by atoms with Crippen LogP contribution >= 0.6 is 0 Å². The number of carbonyl (C=O) groups excluding carboxylic acids is 1. The van der Waals surface area contributed by atoms with Crippen LogP contribution in [-0.2, 0) is 16.0 Å². The normalized spacial score (nSPS) is 18.2. The molecule has 1 aliphatic rings. The van der Waals surface area contributed by atoms with Crippen molar-refractivity contribution in [3.63, 3.8) is 0 Å². The summed E-state index contributed by atoms with van der Waals surface area (Å²) in [5.74, 6) is 1.42. The molecule has 0 radical (unpaired) electrons. The van der Waals surface area contributed by atoms with Gasteiger partial charge in [-0.1, -0.05) is 19.9 Å².